The SMILES string of the molecule is Cc1cc(C(C)(F)C(F)(F)F)cc(N2C(=O)c3ccc(C(C)(c4ccc5c(c4)C(=O)N(C)C5=O)C(F)(F)F)cc3C2=O)c1C. The molecule has 230 valence electrons. The molecule has 0 saturated carbocycles. The normalized spacial score (nSPS) is 18.0. The maximum atomic E-state index is 14.9. The van der Waals surface area contributed by atoms with Gasteiger partial charge in [-0.2, -0.15) is 26.3 Å². The number of nitrogens with zero attached hydrogens (tertiary/aromatic N) is 2. The van der Waals surface area contributed by atoms with Crippen molar-refractivity contribution in [3.8, 4) is 0 Å². The molecule has 3 aromatic carbocycles. The lowest BCUT2D eigenvalue weighted by Crippen LogP contribution is -2.41. The molecular weight excluding hydrogens is 597 g/mol. The van der Waals surface area contributed by atoms with Gasteiger partial charge in [0, 0.05) is 12.6 Å². The third-order valence-electron chi connectivity index (χ3n) is 8.65. The van der Waals surface area contributed by atoms with Crippen molar-refractivity contribution in [1.82, 2.24) is 4.90 Å². The molecule has 44 heavy (non-hydrogen) atoms. The van der Waals surface area contributed by atoms with Crippen molar-refractivity contribution in [2.24, 2.45) is 0 Å². The van der Waals surface area contributed by atoms with E-state index >= 15 is 0 Å². The predicted octanol–water partition coefficient (Wildman–Crippen LogP) is 6.95. The number of anilines is 1. The van der Waals surface area contributed by atoms with Crippen LogP contribution in [0.5, 0.6) is 0 Å². The van der Waals surface area contributed by atoms with Gasteiger partial charge in [-0.1, -0.05) is 18.2 Å². The molecule has 6 nitrogen and oxygen atoms in total. The summed E-state index contributed by atoms with van der Waals surface area (Å²) in [6.07, 6.45) is -10.3. The van der Waals surface area contributed by atoms with E-state index in [0.29, 0.717) is 11.8 Å². The van der Waals surface area contributed by atoms with Crippen molar-refractivity contribution in [3.63, 3.8) is 0 Å². The van der Waals surface area contributed by atoms with Crippen molar-refractivity contribution >= 4 is 29.3 Å². The maximum Gasteiger partial charge on any atom is 0.426 e. The van der Waals surface area contributed by atoms with Gasteiger partial charge in [0.2, 0.25) is 5.67 Å². The summed E-state index contributed by atoms with van der Waals surface area (Å²) in [5.41, 5.74) is -9.50. The smallest absolute Gasteiger partial charge is 0.277 e. The number of fused-ring (bicyclic) bond motifs is 2. The van der Waals surface area contributed by atoms with Crippen LogP contribution < -0.4 is 4.90 Å². The zero-order valence-electron chi connectivity index (χ0n) is 23.8. The number of amides is 4. The van der Waals surface area contributed by atoms with E-state index in [9.17, 15) is 49.9 Å². The van der Waals surface area contributed by atoms with Crippen LogP contribution in [0.2, 0.25) is 0 Å². The summed E-state index contributed by atoms with van der Waals surface area (Å²) in [7, 11) is 1.19. The number of hydrogen-bond donors (Lipinski definition) is 0. The topological polar surface area (TPSA) is 74.8 Å². The molecule has 2 aliphatic heterocycles. The van der Waals surface area contributed by atoms with Crippen LogP contribution in [0.3, 0.4) is 0 Å². The number of imide groups is 2. The minimum atomic E-state index is -5.32. The first kappa shape index (κ1) is 30.9. The Morgan fingerprint density at radius 1 is 0.568 bits per heavy atom. The number of carbonyl (C=O) groups is 4. The highest BCUT2D eigenvalue weighted by atomic mass is 19.4. The zero-order valence-corrected chi connectivity index (χ0v) is 23.8. The van der Waals surface area contributed by atoms with Gasteiger partial charge in [-0.05, 0) is 80.3 Å². The van der Waals surface area contributed by atoms with E-state index in [1.54, 1.807) is 0 Å². The average Bonchev–Trinajstić information content (AvgIpc) is 3.31. The van der Waals surface area contributed by atoms with Gasteiger partial charge < -0.3 is 0 Å². The monoisotopic (exact) mass is 620 g/mol. The largest absolute Gasteiger partial charge is 0.426 e. The molecule has 2 unspecified atom stereocenters. The van der Waals surface area contributed by atoms with Crippen molar-refractivity contribution < 1.29 is 49.9 Å². The molecule has 13 heteroatoms. The van der Waals surface area contributed by atoms with E-state index in [0.717, 1.165) is 60.4 Å². The van der Waals surface area contributed by atoms with Gasteiger partial charge in [0.15, 0.2) is 0 Å². The third-order valence-corrected chi connectivity index (χ3v) is 8.65. The van der Waals surface area contributed by atoms with E-state index in [1.807, 2.05) is 0 Å². The first-order valence-corrected chi connectivity index (χ1v) is 13.1. The Balaban J connectivity index is 1.63. The van der Waals surface area contributed by atoms with Crippen LogP contribution in [0.25, 0.3) is 0 Å². The van der Waals surface area contributed by atoms with Crippen LogP contribution in [-0.2, 0) is 11.1 Å². The molecule has 0 saturated heterocycles. The van der Waals surface area contributed by atoms with Crippen LogP contribution in [0.1, 0.15) is 83.1 Å². The van der Waals surface area contributed by atoms with E-state index in [4.69, 9.17) is 0 Å². The van der Waals surface area contributed by atoms with Gasteiger partial charge in [-0.15, -0.1) is 0 Å². The molecule has 3 aromatic rings. The number of benzene rings is 3. The van der Waals surface area contributed by atoms with Crippen LogP contribution in [-0.4, -0.2) is 47.9 Å². The summed E-state index contributed by atoms with van der Waals surface area (Å²) in [6.45, 7) is 3.89. The number of alkyl halides is 7. The quantitative estimate of drug-likeness (QED) is 0.234. The predicted molar refractivity (Wildman–Crippen MR) is 143 cm³/mol. The molecule has 0 radical (unpaired) electrons. The van der Waals surface area contributed by atoms with Gasteiger partial charge in [0.25, 0.3) is 23.6 Å². The molecule has 0 spiro atoms. The Labute approximate surface area is 246 Å². The second-order valence-corrected chi connectivity index (χ2v) is 11.2. The standard InChI is InChI=1S/C31H23F7N2O4/c1-14-10-18(29(4,32)31(36,37)38)13-23(15(14)2)40-26(43)20-9-7-17(12-22(20)27(40)44)28(3,30(33,34)35)16-6-8-19-21(11-16)25(42)39(5)24(19)41/h6-13H,1-5H3. The summed E-state index contributed by atoms with van der Waals surface area (Å²) in [5, 5.41) is 0. The Morgan fingerprint density at radius 3 is 1.52 bits per heavy atom. The molecule has 0 aliphatic carbocycles. The summed E-state index contributed by atoms with van der Waals surface area (Å²) in [4.78, 5) is 53.0. The average molecular weight is 621 g/mol. The highest BCUT2D eigenvalue weighted by molar-refractivity contribution is 6.34. The number of hydrogen-bond acceptors (Lipinski definition) is 4. The van der Waals surface area contributed by atoms with Gasteiger partial charge in [-0.25, -0.2) is 9.29 Å². The fraction of sp³-hybridized carbons (Fsp3) is 0.290. The molecule has 2 heterocycles. The second kappa shape index (κ2) is 9.47. The summed E-state index contributed by atoms with van der Waals surface area (Å²) in [5.74, 6) is -3.59. The fourth-order valence-electron chi connectivity index (χ4n) is 5.44. The Kier molecular flexibility index (Phi) is 6.65. The van der Waals surface area contributed by atoms with Crippen molar-refractivity contribution in [2.75, 3.05) is 11.9 Å². The summed E-state index contributed by atoms with van der Waals surface area (Å²) in [6, 6.07) is 7.68. The molecule has 4 amide bonds. The van der Waals surface area contributed by atoms with Crippen LogP contribution in [0, 0.1) is 13.8 Å². The lowest BCUT2D eigenvalue weighted by molar-refractivity contribution is -0.228. The Bertz CT molecular complexity index is 1810. The number of aryl methyl sites for hydroxylation is 1. The van der Waals surface area contributed by atoms with E-state index in [-0.39, 0.29) is 33.5 Å². The highest BCUT2D eigenvalue weighted by Crippen LogP contribution is 2.49. The summed E-state index contributed by atoms with van der Waals surface area (Å²) >= 11 is 0. The zero-order chi connectivity index (χ0) is 32.9. The van der Waals surface area contributed by atoms with Gasteiger partial charge in [0.1, 0.15) is 5.41 Å². The first-order chi connectivity index (χ1) is 20.1. The van der Waals surface area contributed by atoms with Crippen LogP contribution in [0.4, 0.5) is 36.4 Å². The van der Waals surface area contributed by atoms with E-state index < -0.39 is 69.3 Å². The number of halogens is 7. The lowest BCUT2D eigenvalue weighted by atomic mass is 9.74. The van der Waals surface area contributed by atoms with Crippen LogP contribution >= 0.6 is 0 Å². The first-order valence-electron chi connectivity index (χ1n) is 13.1. The van der Waals surface area contributed by atoms with Gasteiger partial charge in [-0.3, -0.25) is 24.1 Å². The molecule has 0 aromatic heterocycles. The Hall–Kier alpha value is -4.55. The van der Waals surface area contributed by atoms with Crippen LogP contribution in [0.15, 0.2) is 48.5 Å². The molecule has 0 N–H and O–H groups in total. The van der Waals surface area contributed by atoms with Crippen molar-refractivity contribution in [3.05, 3.63) is 98.6 Å². The number of rotatable bonds is 4. The van der Waals surface area contributed by atoms with Crippen molar-refractivity contribution in [1.29, 1.82) is 0 Å². The number of carbonyl (C=O) groups excluding carboxylic acids is 4. The maximum absolute atomic E-state index is 14.9. The Morgan fingerprint density at radius 2 is 1.02 bits per heavy atom. The molecule has 0 bridgehead atoms. The molecule has 5 rings (SSSR count). The van der Waals surface area contributed by atoms with Gasteiger partial charge in [0.05, 0.1) is 27.9 Å². The minimum Gasteiger partial charge on any atom is -0.277 e. The highest BCUT2D eigenvalue weighted by Gasteiger charge is 2.56. The summed E-state index contributed by atoms with van der Waals surface area (Å²) < 4.78 is 99.9. The molecule has 2 atom stereocenters. The molecular formula is C31H23F7N2O4. The molecule has 2 aliphatic rings. The third kappa shape index (κ3) is 4.15. The second-order valence-electron chi connectivity index (χ2n) is 11.2. The lowest BCUT2D eigenvalue weighted by Gasteiger charge is -2.33. The fourth-order valence-corrected chi connectivity index (χ4v) is 5.44. The van der Waals surface area contributed by atoms with E-state index in [1.165, 1.54) is 20.9 Å². The van der Waals surface area contributed by atoms with E-state index in [2.05, 4.69) is 0 Å². The molecule has 0 fully saturated rings. The van der Waals surface area contributed by atoms with Gasteiger partial charge >= 0.3 is 12.4 Å². The minimum absolute atomic E-state index is 0.0704. The van der Waals surface area contributed by atoms with Crippen molar-refractivity contribution in [2.45, 2.75) is 51.1 Å².